The number of carbonyl (C=O) groups excluding carboxylic acids is 2. The summed E-state index contributed by atoms with van der Waals surface area (Å²) in [5, 5.41) is 12.3. The summed E-state index contributed by atoms with van der Waals surface area (Å²) in [5.74, 6) is -1.97. The average molecular weight is 403 g/mol. The van der Waals surface area contributed by atoms with Crippen molar-refractivity contribution in [3.8, 4) is 0 Å². The topological polar surface area (TPSA) is 86.7 Å². The number of carbonyl (C=O) groups is 3. The molecule has 0 bridgehead atoms. The summed E-state index contributed by atoms with van der Waals surface area (Å²) in [5.41, 5.74) is -0.984. The Labute approximate surface area is 158 Å². The second-order valence-electron chi connectivity index (χ2n) is 6.81. The van der Waals surface area contributed by atoms with Crippen LogP contribution in [0, 0.1) is 0 Å². The summed E-state index contributed by atoms with van der Waals surface area (Å²) in [7, 11) is 0. The van der Waals surface area contributed by atoms with Crippen molar-refractivity contribution < 1.29 is 19.5 Å². The molecule has 3 atom stereocenters. The fourth-order valence-electron chi connectivity index (χ4n) is 3.32. The van der Waals surface area contributed by atoms with Crippen LogP contribution < -0.4 is 5.32 Å². The van der Waals surface area contributed by atoms with Crippen molar-refractivity contribution in [3.05, 3.63) is 33.8 Å². The van der Waals surface area contributed by atoms with Crippen molar-refractivity contribution in [1.29, 1.82) is 0 Å². The number of thioether (sulfide) groups is 1. The molecule has 134 valence electrons. The van der Waals surface area contributed by atoms with E-state index in [-0.39, 0.29) is 10.6 Å². The molecule has 0 spiro atoms. The molecule has 0 radical (unpaired) electrons. The molecule has 25 heavy (non-hydrogen) atoms. The summed E-state index contributed by atoms with van der Waals surface area (Å²) in [6.07, 6.45) is 0. The molecule has 2 aliphatic rings. The van der Waals surface area contributed by atoms with Crippen molar-refractivity contribution in [2.24, 2.45) is 0 Å². The zero-order valence-electron chi connectivity index (χ0n) is 13.7. The van der Waals surface area contributed by atoms with Gasteiger partial charge < -0.3 is 15.3 Å². The number of nitrogens with zero attached hydrogens (tertiary/aromatic N) is 1. The third-order valence-corrected chi connectivity index (χ3v) is 6.86. The van der Waals surface area contributed by atoms with Crippen LogP contribution >= 0.6 is 35.0 Å². The molecule has 2 N–H and O–H groups in total. The van der Waals surface area contributed by atoms with Crippen molar-refractivity contribution >= 4 is 52.7 Å². The number of nitrogens with one attached hydrogen (secondary N) is 1. The predicted octanol–water partition coefficient (Wildman–Crippen LogP) is 2.63. The smallest absolute Gasteiger partial charge is 0.327 e. The predicted molar refractivity (Wildman–Crippen MR) is 96.1 cm³/mol. The molecule has 0 saturated carbocycles. The maximum atomic E-state index is 12.7. The van der Waals surface area contributed by atoms with Crippen molar-refractivity contribution in [1.82, 2.24) is 10.2 Å². The molecule has 1 unspecified atom stereocenters. The van der Waals surface area contributed by atoms with Gasteiger partial charge >= 0.3 is 5.97 Å². The number of fused-ring (bicyclic) bond motifs is 1. The fraction of sp³-hybridized carbons (Fsp3) is 0.438. The van der Waals surface area contributed by atoms with Crippen LogP contribution in [-0.2, 0) is 9.59 Å². The number of amides is 2. The van der Waals surface area contributed by atoms with Gasteiger partial charge in [-0.3, -0.25) is 9.59 Å². The Morgan fingerprint density at radius 1 is 1.28 bits per heavy atom. The minimum atomic E-state index is -1.19. The number of halogens is 2. The first-order chi connectivity index (χ1) is 11.5. The maximum absolute atomic E-state index is 12.7. The van der Waals surface area contributed by atoms with Gasteiger partial charge in [-0.2, -0.15) is 0 Å². The van der Waals surface area contributed by atoms with E-state index in [0.717, 1.165) is 0 Å². The van der Waals surface area contributed by atoms with Gasteiger partial charge in [-0.25, -0.2) is 4.79 Å². The van der Waals surface area contributed by atoms with E-state index < -0.39 is 39.5 Å². The van der Waals surface area contributed by atoms with Crippen LogP contribution in [0.3, 0.4) is 0 Å². The quantitative estimate of drug-likeness (QED) is 0.758. The molecule has 1 aromatic carbocycles. The van der Waals surface area contributed by atoms with Gasteiger partial charge in [0.15, 0.2) is 0 Å². The monoisotopic (exact) mass is 402 g/mol. The highest BCUT2D eigenvalue weighted by molar-refractivity contribution is 8.01. The van der Waals surface area contributed by atoms with Gasteiger partial charge in [-0.15, -0.1) is 11.8 Å². The highest BCUT2D eigenvalue weighted by Crippen LogP contribution is 2.54. The molecule has 2 aliphatic heterocycles. The van der Waals surface area contributed by atoms with Crippen LogP contribution in [0.4, 0.5) is 0 Å². The molecule has 2 fully saturated rings. The Kier molecular flexibility index (Phi) is 4.25. The van der Waals surface area contributed by atoms with Gasteiger partial charge in [-0.1, -0.05) is 23.2 Å². The molecule has 3 rings (SSSR count). The lowest BCUT2D eigenvalue weighted by Gasteiger charge is -2.51. The highest BCUT2D eigenvalue weighted by Gasteiger charge is 2.70. The minimum absolute atomic E-state index is 0.181. The Bertz CT molecular complexity index is 800. The molecular weight excluding hydrogens is 387 g/mol. The second kappa shape index (κ2) is 5.79. The van der Waals surface area contributed by atoms with E-state index in [1.807, 2.05) is 0 Å². The third kappa shape index (κ3) is 2.69. The Balaban J connectivity index is 1.86. The number of aliphatic carboxylic acids is 1. The average Bonchev–Trinajstić information content (AvgIpc) is 2.76. The van der Waals surface area contributed by atoms with Crippen LogP contribution in [-0.4, -0.2) is 49.5 Å². The number of carboxylic acid groups (broad SMARTS) is 1. The van der Waals surface area contributed by atoms with E-state index in [1.165, 1.54) is 34.9 Å². The summed E-state index contributed by atoms with van der Waals surface area (Å²) in [4.78, 5) is 38.1. The van der Waals surface area contributed by atoms with Crippen LogP contribution in [0.2, 0.25) is 10.0 Å². The Hall–Kier alpha value is -1.44. The Morgan fingerprint density at radius 3 is 2.48 bits per heavy atom. The summed E-state index contributed by atoms with van der Waals surface area (Å²) in [6, 6.07) is 3.53. The highest BCUT2D eigenvalue weighted by atomic mass is 35.5. The lowest BCUT2D eigenvalue weighted by Crippen LogP contribution is -2.78. The van der Waals surface area contributed by atoms with Crippen LogP contribution in [0.15, 0.2) is 18.2 Å². The SMILES string of the molecule is CC1(C)S[C@H]2N(C(=O)C2(C)NC(=O)c2ccc(Cl)cc2Cl)[C@H]1C(=O)O. The van der Waals surface area contributed by atoms with E-state index in [1.54, 1.807) is 20.8 Å². The maximum Gasteiger partial charge on any atom is 0.327 e. The van der Waals surface area contributed by atoms with E-state index >= 15 is 0 Å². The lowest BCUT2D eigenvalue weighted by atomic mass is 9.86. The summed E-state index contributed by atoms with van der Waals surface area (Å²) >= 11 is 13.2. The molecule has 9 heteroatoms. The zero-order chi connectivity index (χ0) is 18.7. The van der Waals surface area contributed by atoms with Gasteiger partial charge in [0.1, 0.15) is 17.0 Å². The van der Waals surface area contributed by atoms with Gasteiger partial charge in [0.2, 0.25) is 0 Å². The largest absolute Gasteiger partial charge is 0.480 e. The van der Waals surface area contributed by atoms with Gasteiger partial charge in [0.25, 0.3) is 11.8 Å². The summed E-state index contributed by atoms with van der Waals surface area (Å²) in [6.45, 7) is 5.16. The van der Waals surface area contributed by atoms with Crippen molar-refractivity contribution in [2.75, 3.05) is 0 Å². The van der Waals surface area contributed by atoms with E-state index in [0.29, 0.717) is 5.02 Å². The lowest BCUT2D eigenvalue weighted by molar-refractivity contribution is -0.165. The standard InChI is InChI=1S/C16H16Cl2N2O4S/c1-15(2)10(12(22)23)20-13(24)16(3,14(20)25-15)19-11(21)8-5-4-7(17)6-9(8)18/h4-6,10,14H,1-3H3,(H,19,21)(H,22,23)/t10-,14+,16?/m0/s1. The number of β-lactam (4-membered cyclic amide) rings is 1. The van der Waals surface area contributed by atoms with Gasteiger partial charge in [-0.05, 0) is 39.0 Å². The number of carboxylic acids is 1. The molecular formula is C16H16Cl2N2O4S. The second-order valence-corrected chi connectivity index (χ2v) is 9.39. The first kappa shape index (κ1) is 18.4. The van der Waals surface area contributed by atoms with Crippen molar-refractivity contribution in [3.63, 3.8) is 0 Å². The third-order valence-electron chi connectivity index (χ3n) is 4.56. The molecule has 1 aromatic rings. The molecule has 0 aliphatic carbocycles. The molecule has 6 nitrogen and oxygen atoms in total. The Morgan fingerprint density at radius 2 is 1.92 bits per heavy atom. The van der Waals surface area contributed by atoms with Crippen LogP contribution in [0.25, 0.3) is 0 Å². The van der Waals surface area contributed by atoms with E-state index in [4.69, 9.17) is 23.2 Å². The molecule has 2 saturated heterocycles. The van der Waals surface area contributed by atoms with Gasteiger partial charge in [0, 0.05) is 9.77 Å². The fourth-order valence-corrected chi connectivity index (χ4v) is 5.45. The van der Waals surface area contributed by atoms with Crippen molar-refractivity contribution in [2.45, 2.75) is 42.5 Å². The molecule has 2 amide bonds. The molecule has 0 aromatic heterocycles. The van der Waals surface area contributed by atoms with Crippen LogP contribution in [0.1, 0.15) is 31.1 Å². The first-order valence-corrected chi connectivity index (χ1v) is 9.13. The molecule has 2 heterocycles. The van der Waals surface area contributed by atoms with E-state index in [2.05, 4.69) is 5.32 Å². The summed E-state index contributed by atoms with van der Waals surface area (Å²) < 4.78 is -0.660. The number of hydrogen-bond donors (Lipinski definition) is 2. The van der Waals surface area contributed by atoms with E-state index in [9.17, 15) is 19.5 Å². The normalized spacial score (nSPS) is 29.8. The number of benzene rings is 1. The number of hydrogen-bond acceptors (Lipinski definition) is 4. The first-order valence-electron chi connectivity index (χ1n) is 7.50. The van der Waals surface area contributed by atoms with Crippen LogP contribution in [0.5, 0.6) is 0 Å². The minimum Gasteiger partial charge on any atom is -0.480 e. The van der Waals surface area contributed by atoms with Gasteiger partial charge in [0.05, 0.1) is 10.6 Å². The number of rotatable bonds is 3. The zero-order valence-corrected chi connectivity index (χ0v) is 16.0.